The molecule has 0 atom stereocenters. The van der Waals surface area contributed by atoms with Crippen LogP contribution in [0, 0.1) is 17.0 Å². The molecule has 2 heterocycles. The Morgan fingerprint density at radius 2 is 1.76 bits per heavy atom. The standard InChI is InChI=1S/C15H16F2N2O2/c16-11-5-10(6-12(17)7-11)14(21)19-3-1-15(2-4-19)8-13(20)18-9-15/h5-7H,1-4,8-9H2,(H,18,20). The Balaban J connectivity index is 1.69. The summed E-state index contributed by atoms with van der Waals surface area (Å²) < 4.78 is 26.4. The molecule has 0 aromatic heterocycles. The van der Waals surface area contributed by atoms with E-state index in [4.69, 9.17) is 0 Å². The van der Waals surface area contributed by atoms with Crippen LogP contribution in [0.5, 0.6) is 0 Å². The molecule has 21 heavy (non-hydrogen) atoms. The molecule has 1 aromatic carbocycles. The number of carbonyl (C=O) groups excluding carboxylic acids is 2. The van der Waals surface area contributed by atoms with Gasteiger partial charge in [0.1, 0.15) is 11.6 Å². The molecule has 2 aliphatic heterocycles. The Kier molecular flexibility index (Phi) is 3.39. The van der Waals surface area contributed by atoms with Gasteiger partial charge in [0, 0.05) is 37.7 Å². The number of carbonyl (C=O) groups is 2. The smallest absolute Gasteiger partial charge is 0.254 e. The van der Waals surface area contributed by atoms with E-state index in [9.17, 15) is 18.4 Å². The molecule has 1 aromatic rings. The molecule has 2 amide bonds. The van der Waals surface area contributed by atoms with Crippen LogP contribution in [0.3, 0.4) is 0 Å². The van der Waals surface area contributed by atoms with Crippen molar-refractivity contribution in [3.8, 4) is 0 Å². The van der Waals surface area contributed by atoms with Crippen molar-refractivity contribution in [2.45, 2.75) is 19.3 Å². The van der Waals surface area contributed by atoms with Gasteiger partial charge in [-0.2, -0.15) is 0 Å². The van der Waals surface area contributed by atoms with Gasteiger partial charge in [0.15, 0.2) is 0 Å². The van der Waals surface area contributed by atoms with E-state index >= 15 is 0 Å². The summed E-state index contributed by atoms with van der Waals surface area (Å²) in [5, 5.41) is 2.83. The fraction of sp³-hybridized carbons (Fsp3) is 0.467. The first-order valence-corrected chi connectivity index (χ1v) is 7.00. The number of rotatable bonds is 1. The van der Waals surface area contributed by atoms with Crippen molar-refractivity contribution in [2.75, 3.05) is 19.6 Å². The number of hydrogen-bond acceptors (Lipinski definition) is 2. The number of hydrogen-bond donors (Lipinski definition) is 1. The third-order valence-corrected chi connectivity index (χ3v) is 4.42. The number of amides is 2. The molecule has 4 nitrogen and oxygen atoms in total. The van der Waals surface area contributed by atoms with Gasteiger partial charge in [0.25, 0.3) is 5.91 Å². The molecule has 0 saturated carbocycles. The van der Waals surface area contributed by atoms with Gasteiger partial charge in [-0.25, -0.2) is 8.78 Å². The van der Waals surface area contributed by atoms with Crippen molar-refractivity contribution in [3.63, 3.8) is 0 Å². The number of piperidine rings is 1. The fourth-order valence-corrected chi connectivity index (χ4v) is 3.15. The molecule has 112 valence electrons. The molecule has 2 fully saturated rings. The Morgan fingerprint density at radius 1 is 1.14 bits per heavy atom. The topological polar surface area (TPSA) is 49.4 Å². The minimum Gasteiger partial charge on any atom is -0.356 e. The van der Waals surface area contributed by atoms with Crippen molar-refractivity contribution in [1.29, 1.82) is 0 Å². The van der Waals surface area contributed by atoms with Gasteiger partial charge < -0.3 is 10.2 Å². The zero-order valence-corrected chi connectivity index (χ0v) is 11.5. The second-order valence-corrected chi connectivity index (χ2v) is 5.90. The molecule has 1 N–H and O–H groups in total. The molecular weight excluding hydrogens is 278 g/mol. The lowest BCUT2D eigenvalue weighted by Crippen LogP contribution is -2.44. The molecule has 0 unspecified atom stereocenters. The Bertz CT molecular complexity index is 575. The van der Waals surface area contributed by atoms with Gasteiger partial charge in [0.05, 0.1) is 0 Å². The Labute approximate surface area is 121 Å². The van der Waals surface area contributed by atoms with Crippen LogP contribution in [0.2, 0.25) is 0 Å². The highest BCUT2D eigenvalue weighted by Gasteiger charge is 2.41. The molecule has 0 bridgehead atoms. The molecule has 6 heteroatoms. The summed E-state index contributed by atoms with van der Waals surface area (Å²) in [6.45, 7) is 1.67. The molecule has 2 aliphatic rings. The molecule has 3 rings (SSSR count). The van der Waals surface area contributed by atoms with Crippen LogP contribution in [0.15, 0.2) is 18.2 Å². The van der Waals surface area contributed by atoms with Crippen molar-refractivity contribution in [2.24, 2.45) is 5.41 Å². The average molecular weight is 294 g/mol. The van der Waals surface area contributed by atoms with Gasteiger partial charge in [0.2, 0.25) is 5.91 Å². The lowest BCUT2D eigenvalue weighted by atomic mass is 9.77. The zero-order valence-electron chi connectivity index (χ0n) is 11.5. The number of nitrogens with zero attached hydrogens (tertiary/aromatic N) is 1. The van der Waals surface area contributed by atoms with E-state index in [1.54, 1.807) is 4.90 Å². The van der Waals surface area contributed by atoms with E-state index in [-0.39, 0.29) is 22.8 Å². The van der Waals surface area contributed by atoms with Gasteiger partial charge in [-0.05, 0) is 30.4 Å². The highest BCUT2D eigenvalue weighted by atomic mass is 19.1. The normalized spacial score (nSPS) is 20.7. The van der Waals surface area contributed by atoms with Gasteiger partial charge in [-0.15, -0.1) is 0 Å². The van der Waals surface area contributed by atoms with E-state index in [1.807, 2.05) is 0 Å². The maximum atomic E-state index is 13.2. The molecular formula is C15H16F2N2O2. The average Bonchev–Trinajstić information content (AvgIpc) is 2.79. The van der Waals surface area contributed by atoms with E-state index in [2.05, 4.69) is 5.32 Å². The predicted molar refractivity (Wildman–Crippen MR) is 71.6 cm³/mol. The minimum atomic E-state index is -0.752. The third kappa shape index (κ3) is 2.75. The van der Waals surface area contributed by atoms with Crippen LogP contribution >= 0.6 is 0 Å². The highest BCUT2D eigenvalue weighted by Crippen LogP contribution is 2.37. The molecule has 1 spiro atoms. The van der Waals surface area contributed by atoms with E-state index in [0.717, 1.165) is 31.0 Å². The second-order valence-electron chi connectivity index (χ2n) is 5.90. The van der Waals surface area contributed by atoms with Crippen molar-refractivity contribution < 1.29 is 18.4 Å². The van der Waals surface area contributed by atoms with Crippen LogP contribution in [-0.2, 0) is 4.79 Å². The van der Waals surface area contributed by atoms with Crippen molar-refractivity contribution in [1.82, 2.24) is 10.2 Å². The quantitative estimate of drug-likeness (QED) is 0.857. The number of benzene rings is 1. The Hall–Kier alpha value is -1.98. The fourth-order valence-electron chi connectivity index (χ4n) is 3.15. The maximum Gasteiger partial charge on any atom is 0.254 e. The van der Waals surface area contributed by atoms with Gasteiger partial charge >= 0.3 is 0 Å². The molecule has 0 aliphatic carbocycles. The maximum absolute atomic E-state index is 13.2. The number of nitrogens with one attached hydrogen (secondary N) is 1. The first kappa shape index (κ1) is 14.0. The first-order chi connectivity index (χ1) is 9.97. The van der Waals surface area contributed by atoms with Crippen LogP contribution in [0.1, 0.15) is 29.6 Å². The summed E-state index contributed by atoms with van der Waals surface area (Å²) in [7, 11) is 0. The largest absolute Gasteiger partial charge is 0.356 e. The molecule has 2 saturated heterocycles. The van der Waals surface area contributed by atoms with Crippen LogP contribution in [-0.4, -0.2) is 36.3 Å². The van der Waals surface area contributed by atoms with E-state index in [1.165, 1.54) is 0 Å². The lowest BCUT2D eigenvalue weighted by Gasteiger charge is -2.38. The van der Waals surface area contributed by atoms with E-state index < -0.39 is 11.6 Å². The SMILES string of the molecule is O=C1CC2(CCN(C(=O)c3cc(F)cc(F)c3)CC2)CN1. The van der Waals surface area contributed by atoms with Crippen molar-refractivity contribution in [3.05, 3.63) is 35.4 Å². The van der Waals surface area contributed by atoms with Crippen molar-refractivity contribution >= 4 is 11.8 Å². The van der Waals surface area contributed by atoms with E-state index in [0.29, 0.717) is 26.1 Å². The highest BCUT2D eigenvalue weighted by molar-refractivity contribution is 5.94. The summed E-state index contributed by atoms with van der Waals surface area (Å²) in [6, 6.07) is 2.85. The summed E-state index contributed by atoms with van der Waals surface area (Å²) in [4.78, 5) is 25.2. The third-order valence-electron chi connectivity index (χ3n) is 4.42. The minimum absolute atomic E-state index is 0.0315. The van der Waals surface area contributed by atoms with Crippen LogP contribution in [0.25, 0.3) is 0 Å². The summed E-state index contributed by atoms with van der Waals surface area (Å²) in [5.41, 5.74) is -0.0230. The van der Waals surface area contributed by atoms with Gasteiger partial charge in [-0.1, -0.05) is 0 Å². The lowest BCUT2D eigenvalue weighted by molar-refractivity contribution is -0.119. The molecule has 0 radical (unpaired) electrons. The summed E-state index contributed by atoms with van der Waals surface area (Å²) >= 11 is 0. The summed E-state index contributed by atoms with van der Waals surface area (Å²) in [5.74, 6) is -1.81. The predicted octanol–water partition coefficient (Wildman–Crippen LogP) is 1.71. The monoisotopic (exact) mass is 294 g/mol. The van der Waals surface area contributed by atoms with Crippen LogP contribution < -0.4 is 5.32 Å². The second kappa shape index (κ2) is 5.09. The van der Waals surface area contributed by atoms with Gasteiger partial charge in [-0.3, -0.25) is 9.59 Å². The first-order valence-electron chi connectivity index (χ1n) is 7.00. The summed E-state index contributed by atoms with van der Waals surface area (Å²) in [6.07, 6.45) is 1.97. The zero-order chi connectivity index (χ0) is 15.0. The number of likely N-dealkylation sites (tertiary alicyclic amines) is 1. The number of halogens is 2. The van der Waals surface area contributed by atoms with Crippen LogP contribution in [0.4, 0.5) is 8.78 Å². The Morgan fingerprint density at radius 3 is 2.29 bits per heavy atom.